The third-order valence-electron chi connectivity index (χ3n) is 8.48. The summed E-state index contributed by atoms with van der Waals surface area (Å²) in [5, 5.41) is 5.05. The van der Waals surface area contributed by atoms with Crippen molar-refractivity contribution in [2.24, 2.45) is 5.92 Å². The number of hydrogen-bond donors (Lipinski definition) is 2. The van der Waals surface area contributed by atoms with E-state index < -0.39 is 40.4 Å². The maximum atomic E-state index is 16.7. The number of alkyl halides is 1. The summed E-state index contributed by atoms with van der Waals surface area (Å²) in [5.74, 6) is -0.712. The minimum atomic E-state index is -2.16. The zero-order chi connectivity index (χ0) is 26.8. The summed E-state index contributed by atoms with van der Waals surface area (Å²) in [4.78, 5) is 56.0. The molecule has 2 heterocycles. The van der Waals surface area contributed by atoms with E-state index in [4.69, 9.17) is 4.74 Å². The van der Waals surface area contributed by atoms with Gasteiger partial charge in [0.25, 0.3) is 11.5 Å². The Morgan fingerprint density at radius 2 is 1.87 bits per heavy atom. The summed E-state index contributed by atoms with van der Waals surface area (Å²) >= 11 is 0. The van der Waals surface area contributed by atoms with Gasteiger partial charge >= 0.3 is 0 Å². The number of halogens is 1. The quantitative estimate of drug-likeness (QED) is 0.501. The number of aryl methyl sites for hydroxylation is 1. The number of piperidine rings is 1. The number of nitrogens with zero attached hydrogens (tertiary/aromatic N) is 2. The van der Waals surface area contributed by atoms with Gasteiger partial charge in [-0.25, -0.2) is 9.37 Å². The molecule has 1 saturated heterocycles. The van der Waals surface area contributed by atoms with Gasteiger partial charge in [0.15, 0.2) is 5.67 Å². The molecule has 2 N–H and O–H groups in total. The van der Waals surface area contributed by atoms with Gasteiger partial charge in [-0.05, 0) is 68.4 Å². The molecule has 3 aromatic rings. The van der Waals surface area contributed by atoms with Crippen molar-refractivity contribution in [3.8, 4) is 5.75 Å². The molecule has 1 aromatic heterocycles. The molecule has 4 fully saturated rings. The van der Waals surface area contributed by atoms with E-state index in [1.807, 2.05) is 12.1 Å². The van der Waals surface area contributed by atoms with E-state index in [2.05, 4.69) is 15.6 Å². The number of rotatable bonds is 5. The molecular formula is C28H27FN4O5. The zero-order valence-corrected chi connectivity index (χ0v) is 21.0. The van der Waals surface area contributed by atoms with E-state index in [0.29, 0.717) is 29.9 Å². The highest BCUT2D eigenvalue weighted by atomic mass is 19.1. The molecule has 0 radical (unpaired) electrons. The predicted octanol–water partition coefficient (Wildman–Crippen LogP) is 3.09. The van der Waals surface area contributed by atoms with Gasteiger partial charge in [0.05, 0.1) is 23.7 Å². The van der Waals surface area contributed by atoms with Crippen molar-refractivity contribution in [3.05, 3.63) is 64.2 Å². The molecule has 3 saturated carbocycles. The molecule has 2 unspecified atom stereocenters. The first-order valence-corrected chi connectivity index (χ1v) is 12.7. The van der Waals surface area contributed by atoms with E-state index in [1.54, 1.807) is 38.3 Å². The maximum absolute atomic E-state index is 16.7. The molecule has 0 spiro atoms. The van der Waals surface area contributed by atoms with Crippen molar-refractivity contribution in [1.82, 2.24) is 14.9 Å². The highest BCUT2D eigenvalue weighted by Crippen LogP contribution is 2.67. The van der Waals surface area contributed by atoms with Gasteiger partial charge in [0.1, 0.15) is 17.6 Å². The number of carbonyl (C=O) groups is 3. The lowest BCUT2D eigenvalue weighted by molar-refractivity contribution is -0.136. The molecule has 2 aromatic carbocycles. The van der Waals surface area contributed by atoms with Crippen LogP contribution in [0.2, 0.25) is 0 Å². The SMILES string of the molecule is COc1ccc(C23CC(CC2(F)C(=O)Nc2cccc4nc(C)n(C5CCC(=O)NC5=O)c(=O)c24)C3)cc1. The highest BCUT2D eigenvalue weighted by molar-refractivity contribution is 6.05. The highest BCUT2D eigenvalue weighted by Gasteiger charge is 2.71. The number of hydrogen-bond acceptors (Lipinski definition) is 6. The summed E-state index contributed by atoms with van der Waals surface area (Å²) < 4.78 is 23.2. The number of fused-ring (bicyclic) bond motifs is 2. The molecule has 1 aliphatic heterocycles. The average Bonchev–Trinajstić information content (AvgIpc) is 3.34. The molecule has 38 heavy (non-hydrogen) atoms. The molecule has 10 heteroatoms. The lowest BCUT2D eigenvalue weighted by Gasteiger charge is -2.43. The minimum absolute atomic E-state index is 0.0867. The van der Waals surface area contributed by atoms with Crippen LogP contribution >= 0.6 is 0 Å². The topological polar surface area (TPSA) is 119 Å². The molecule has 3 aliphatic carbocycles. The van der Waals surface area contributed by atoms with E-state index in [1.165, 1.54) is 10.6 Å². The third-order valence-corrected chi connectivity index (χ3v) is 8.48. The van der Waals surface area contributed by atoms with Crippen LogP contribution in [0, 0.1) is 12.8 Å². The van der Waals surface area contributed by atoms with Gasteiger partial charge in [-0.2, -0.15) is 0 Å². The van der Waals surface area contributed by atoms with Gasteiger partial charge in [0, 0.05) is 11.8 Å². The number of carbonyl (C=O) groups excluding carboxylic acids is 3. The van der Waals surface area contributed by atoms with Crippen LogP contribution in [0.3, 0.4) is 0 Å². The molecular weight excluding hydrogens is 491 g/mol. The number of benzene rings is 2. The van der Waals surface area contributed by atoms with Crippen LogP contribution in [0.4, 0.5) is 10.1 Å². The fourth-order valence-electron chi connectivity index (χ4n) is 6.65. The Bertz CT molecular complexity index is 1560. The Hall–Kier alpha value is -4.08. The number of anilines is 1. The van der Waals surface area contributed by atoms with Crippen LogP contribution in [0.15, 0.2) is 47.3 Å². The lowest BCUT2D eigenvalue weighted by atomic mass is 9.61. The Morgan fingerprint density at radius 3 is 2.55 bits per heavy atom. The first kappa shape index (κ1) is 24.3. The summed E-state index contributed by atoms with van der Waals surface area (Å²) in [6.07, 6.45) is 1.50. The Labute approximate surface area is 217 Å². The van der Waals surface area contributed by atoms with Crippen molar-refractivity contribution in [3.63, 3.8) is 0 Å². The van der Waals surface area contributed by atoms with Gasteiger partial charge in [-0.1, -0.05) is 18.2 Å². The van der Waals surface area contributed by atoms with Gasteiger partial charge in [-0.3, -0.25) is 29.1 Å². The fraction of sp³-hybridized carbons (Fsp3) is 0.393. The molecule has 2 bridgehead atoms. The number of amides is 3. The van der Waals surface area contributed by atoms with Crippen molar-refractivity contribution < 1.29 is 23.5 Å². The Balaban J connectivity index is 1.38. The van der Waals surface area contributed by atoms with Gasteiger partial charge < -0.3 is 10.1 Å². The van der Waals surface area contributed by atoms with Crippen LogP contribution in [0.1, 0.15) is 49.5 Å². The molecule has 3 amide bonds. The van der Waals surface area contributed by atoms with Gasteiger partial charge in [-0.15, -0.1) is 0 Å². The standard InChI is InChI=1S/C28H27FN4O5/c1-15-30-19-4-3-5-20(23(19)25(36)33(15)21-10-11-22(34)32-24(21)35)31-26(37)28(29)14-16-12-27(28,13-16)17-6-8-18(38-2)9-7-17/h3-9,16,21H,10-14H2,1-2H3,(H,31,37)(H,32,34,35). The number of methoxy groups -OCH3 is 1. The first-order chi connectivity index (χ1) is 18.2. The summed E-state index contributed by atoms with van der Waals surface area (Å²) in [5.41, 5.74) is -2.43. The van der Waals surface area contributed by atoms with E-state index in [0.717, 1.165) is 5.56 Å². The van der Waals surface area contributed by atoms with Crippen LogP contribution < -0.4 is 20.9 Å². The summed E-state index contributed by atoms with van der Waals surface area (Å²) in [6, 6.07) is 11.1. The van der Waals surface area contributed by atoms with Crippen LogP contribution in [-0.2, 0) is 19.8 Å². The lowest BCUT2D eigenvalue weighted by Crippen LogP contribution is -2.53. The zero-order valence-electron chi connectivity index (χ0n) is 21.0. The third kappa shape index (κ3) is 3.39. The van der Waals surface area contributed by atoms with E-state index >= 15 is 4.39 Å². The monoisotopic (exact) mass is 518 g/mol. The van der Waals surface area contributed by atoms with Crippen molar-refractivity contribution in [2.45, 2.75) is 56.2 Å². The Morgan fingerprint density at radius 1 is 1.13 bits per heavy atom. The van der Waals surface area contributed by atoms with Crippen molar-refractivity contribution in [2.75, 3.05) is 12.4 Å². The smallest absolute Gasteiger partial charge is 0.264 e. The fourth-order valence-corrected chi connectivity index (χ4v) is 6.65. The normalized spacial score (nSPS) is 28.1. The second kappa shape index (κ2) is 8.47. The molecule has 196 valence electrons. The molecule has 7 rings (SSSR count). The molecule has 4 aliphatic rings. The van der Waals surface area contributed by atoms with Crippen LogP contribution in [0.25, 0.3) is 10.9 Å². The van der Waals surface area contributed by atoms with Crippen LogP contribution in [0.5, 0.6) is 5.75 Å². The van der Waals surface area contributed by atoms with Crippen molar-refractivity contribution in [1.29, 1.82) is 0 Å². The predicted molar refractivity (Wildman–Crippen MR) is 137 cm³/mol. The molecule has 2 atom stereocenters. The number of aromatic nitrogens is 2. The van der Waals surface area contributed by atoms with Gasteiger partial charge in [0.2, 0.25) is 11.8 Å². The van der Waals surface area contributed by atoms with Crippen LogP contribution in [-0.4, -0.2) is 40.1 Å². The largest absolute Gasteiger partial charge is 0.497 e. The molecule has 9 nitrogen and oxygen atoms in total. The number of imide groups is 1. The Kier molecular flexibility index (Phi) is 5.41. The minimum Gasteiger partial charge on any atom is -0.497 e. The first-order valence-electron chi connectivity index (χ1n) is 12.7. The second-order valence-corrected chi connectivity index (χ2v) is 10.5. The average molecular weight is 519 g/mol. The maximum Gasteiger partial charge on any atom is 0.264 e. The van der Waals surface area contributed by atoms with E-state index in [-0.39, 0.29) is 36.3 Å². The summed E-state index contributed by atoms with van der Waals surface area (Å²) in [6.45, 7) is 1.61. The summed E-state index contributed by atoms with van der Waals surface area (Å²) in [7, 11) is 1.56. The van der Waals surface area contributed by atoms with Crippen molar-refractivity contribution >= 4 is 34.3 Å². The number of nitrogens with one attached hydrogen (secondary N) is 2. The van der Waals surface area contributed by atoms with E-state index in [9.17, 15) is 19.2 Å². The number of ether oxygens (including phenoxy) is 1. The second-order valence-electron chi connectivity index (χ2n) is 10.5.